The maximum atomic E-state index is 13.1. The third-order valence-electron chi connectivity index (χ3n) is 5.72. The number of halogens is 1. The lowest BCUT2D eigenvalue weighted by Gasteiger charge is -2.30. The van der Waals surface area contributed by atoms with Gasteiger partial charge in [0.2, 0.25) is 5.76 Å². The highest BCUT2D eigenvalue weighted by Crippen LogP contribution is 2.30. The first-order chi connectivity index (χ1) is 15.7. The zero-order chi connectivity index (χ0) is 21.9. The number of carbonyl (C=O) groups is 1. The summed E-state index contributed by atoms with van der Waals surface area (Å²) in [6.45, 7) is 1.20. The molecule has 1 fully saturated rings. The molecule has 162 valence electrons. The topological polar surface area (TPSA) is 72.4 Å². The van der Waals surface area contributed by atoms with Crippen LogP contribution in [0.15, 0.2) is 75.8 Å². The first-order valence-corrected chi connectivity index (χ1v) is 11.0. The molecular formula is C25H22ClN3O3. The summed E-state index contributed by atoms with van der Waals surface area (Å²) in [6, 6.07) is 19.1. The van der Waals surface area contributed by atoms with Crippen molar-refractivity contribution in [2.24, 2.45) is 0 Å². The Kier molecular flexibility index (Phi) is 5.77. The smallest absolute Gasteiger partial charge is 0.292 e. The second kappa shape index (κ2) is 9.01. The van der Waals surface area contributed by atoms with Crippen LogP contribution in [0.4, 0.5) is 0 Å². The van der Waals surface area contributed by atoms with E-state index in [1.165, 1.54) is 5.56 Å². The van der Waals surface area contributed by atoms with Crippen molar-refractivity contribution in [3.05, 3.63) is 94.9 Å². The molecule has 0 saturated carbocycles. The largest absolute Gasteiger partial charge is 0.445 e. The number of aromatic nitrogens is 2. The first-order valence-electron chi connectivity index (χ1n) is 10.7. The highest BCUT2D eigenvalue weighted by molar-refractivity contribution is 6.33. The van der Waals surface area contributed by atoms with E-state index in [1.54, 1.807) is 23.2 Å². The predicted molar refractivity (Wildman–Crippen MR) is 121 cm³/mol. The molecule has 7 heteroatoms. The lowest BCUT2D eigenvalue weighted by Crippen LogP contribution is -2.39. The van der Waals surface area contributed by atoms with Gasteiger partial charge in [-0.05, 0) is 24.5 Å². The third-order valence-corrected chi connectivity index (χ3v) is 6.05. The number of rotatable bonds is 5. The number of hydrogen-bond acceptors (Lipinski definition) is 5. The Balaban J connectivity index is 1.27. The highest BCUT2D eigenvalue weighted by Gasteiger charge is 2.30. The van der Waals surface area contributed by atoms with E-state index in [1.807, 2.05) is 36.4 Å². The summed E-state index contributed by atoms with van der Waals surface area (Å²) in [7, 11) is 0. The van der Waals surface area contributed by atoms with Gasteiger partial charge in [-0.25, -0.2) is 4.98 Å². The number of oxazole rings is 1. The van der Waals surface area contributed by atoms with Crippen LogP contribution in [0, 0.1) is 0 Å². The molecule has 1 atom stereocenters. The molecule has 2 aromatic heterocycles. The number of carbonyl (C=O) groups excluding carboxylic acids is 1. The second-order valence-corrected chi connectivity index (χ2v) is 8.38. The van der Waals surface area contributed by atoms with E-state index in [0.717, 1.165) is 24.2 Å². The molecule has 1 unspecified atom stereocenters. The summed E-state index contributed by atoms with van der Waals surface area (Å²) in [5, 5.41) is 4.61. The number of hydrogen-bond donors (Lipinski definition) is 0. The van der Waals surface area contributed by atoms with Gasteiger partial charge in [0.1, 0.15) is 11.5 Å². The van der Waals surface area contributed by atoms with Gasteiger partial charge in [0.05, 0.1) is 17.1 Å². The Bertz CT molecular complexity index is 1220. The first kappa shape index (κ1) is 20.5. The van der Waals surface area contributed by atoms with Crippen molar-refractivity contribution in [1.29, 1.82) is 0 Å². The van der Waals surface area contributed by atoms with Crippen molar-refractivity contribution < 1.29 is 13.7 Å². The minimum absolute atomic E-state index is 0.0585. The van der Waals surface area contributed by atoms with Crippen molar-refractivity contribution in [2.75, 3.05) is 13.1 Å². The van der Waals surface area contributed by atoms with Crippen molar-refractivity contribution >= 4 is 17.5 Å². The minimum Gasteiger partial charge on any atom is -0.445 e. The van der Waals surface area contributed by atoms with E-state index in [-0.39, 0.29) is 17.6 Å². The van der Waals surface area contributed by atoms with Crippen LogP contribution in [-0.2, 0) is 6.42 Å². The van der Waals surface area contributed by atoms with E-state index in [0.29, 0.717) is 36.1 Å². The van der Waals surface area contributed by atoms with E-state index >= 15 is 0 Å². The number of likely N-dealkylation sites (tertiary alicyclic amines) is 1. The van der Waals surface area contributed by atoms with Gasteiger partial charge < -0.3 is 13.8 Å². The van der Waals surface area contributed by atoms with Crippen LogP contribution in [0.2, 0.25) is 5.02 Å². The molecule has 1 aliphatic heterocycles. The maximum Gasteiger partial charge on any atom is 0.292 e. The van der Waals surface area contributed by atoms with Gasteiger partial charge in [-0.1, -0.05) is 65.3 Å². The van der Waals surface area contributed by atoms with Crippen molar-refractivity contribution in [3.8, 4) is 11.3 Å². The van der Waals surface area contributed by atoms with Crippen molar-refractivity contribution in [1.82, 2.24) is 15.0 Å². The molecule has 0 aliphatic carbocycles. The Morgan fingerprint density at radius 1 is 1.12 bits per heavy atom. The Labute approximate surface area is 190 Å². The molecular weight excluding hydrogens is 426 g/mol. The second-order valence-electron chi connectivity index (χ2n) is 7.97. The molecule has 5 rings (SSSR count). The molecule has 4 aromatic rings. The van der Waals surface area contributed by atoms with Gasteiger partial charge in [-0.3, -0.25) is 4.79 Å². The summed E-state index contributed by atoms with van der Waals surface area (Å²) in [6.07, 6.45) is 4.29. The number of amides is 1. The van der Waals surface area contributed by atoms with E-state index in [4.69, 9.17) is 20.5 Å². The van der Waals surface area contributed by atoms with Crippen LogP contribution in [-0.4, -0.2) is 34.0 Å². The van der Waals surface area contributed by atoms with E-state index < -0.39 is 0 Å². The highest BCUT2D eigenvalue weighted by atomic mass is 35.5. The number of benzene rings is 2. The van der Waals surface area contributed by atoms with Crippen LogP contribution in [0.25, 0.3) is 11.3 Å². The lowest BCUT2D eigenvalue weighted by atomic mass is 9.98. The van der Waals surface area contributed by atoms with Gasteiger partial charge in [-0.2, -0.15) is 0 Å². The molecule has 2 aromatic carbocycles. The molecule has 1 aliphatic rings. The molecule has 32 heavy (non-hydrogen) atoms. The van der Waals surface area contributed by atoms with Gasteiger partial charge in [0.15, 0.2) is 5.89 Å². The fourth-order valence-electron chi connectivity index (χ4n) is 4.08. The molecule has 0 radical (unpaired) electrons. The van der Waals surface area contributed by atoms with Crippen LogP contribution in [0.1, 0.15) is 46.5 Å². The van der Waals surface area contributed by atoms with Crippen LogP contribution >= 0.6 is 11.6 Å². The molecule has 3 heterocycles. The maximum absolute atomic E-state index is 13.1. The zero-order valence-corrected chi connectivity index (χ0v) is 18.2. The molecule has 0 spiro atoms. The summed E-state index contributed by atoms with van der Waals surface area (Å²) in [5.41, 5.74) is 2.46. The fourth-order valence-corrected chi connectivity index (χ4v) is 4.31. The van der Waals surface area contributed by atoms with Crippen LogP contribution in [0.3, 0.4) is 0 Å². The molecule has 0 bridgehead atoms. The third kappa shape index (κ3) is 4.32. The van der Waals surface area contributed by atoms with Crippen molar-refractivity contribution in [2.45, 2.75) is 25.2 Å². The Morgan fingerprint density at radius 3 is 2.78 bits per heavy atom. The monoisotopic (exact) mass is 447 g/mol. The Hall–Kier alpha value is -3.38. The Morgan fingerprint density at radius 2 is 1.94 bits per heavy atom. The van der Waals surface area contributed by atoms with Crippen molar-refractivity contribution in [3.63, 3.8) is 0 Å². The summed E-state index contributed by atoms with van der Waals surface area (Å²) in [4.78, 5) is 19.3. The van der Waals surface area contributed by atoms with Gasteiger partial charge in [-0.15, -0.1) is 0 Å². The zero-order valence-electron chi connectivity index (χ0n) is 17.4. The predicted octanol–water partition coefficient (Wildman–Crippen LogP) is 5.59. The summed E-state index contributed by atoms with van der Waals surface area (Å²) in [5.74, 6) is 1.59. The average Bonchev–Trinajstić information content (AvgIpc) is 3.50. The van der Waals surface area contributed by atoms with Crippen LogP contribution < -0.4 is 0 Å². The normalized spacial score (nSPS) is 16.3. The molecule has 0 N–H and O–H groups in total. The summed E-state index contributed by atoms with van der Waals surface area (Å²) < 4.78 is 11.4. The molecule has 1 amide bonds. The minimum atomic E-state index is -0.184. The SMILES string of the molecule is O=C(c1cc(-c2ccccc2Cl)no1)N1CCCC(c2ncc(Cc3ccccc3)o2)C1. The van der Waals surface area contributed by atoms with E-state index in [2.05, 4.69) is 22.3 Å². The van der Waals surface area contributed by atoms with Crippen LogP contribution in [0.5, 0.6) is 0 Å². The number of nitrogens with zero attached hydrogens (tertiary/aromatic N) is 3. The van der Waals surface area contributed by atoms with Gasteiger partial charge in [0.25, 0.3) is 5.91 Å². The van der Waals surface area contributed by atoms with Gasteiger partial charge in [0, 0.05) is 31.1 Å². The molecule has 1 saturated heterocycles. The quantitative estimate of drug-likeness (QED) is 0.398. The molecule has 6 nitrogen and oxygen atoms in total. The standard InChI is InChI=1S/C25H22ClN3O3/c26-21-11-5-4-10-20(21)22-14-23(32-28-22)25(30)29-12-6-9-18(16-29)24-27-15-19(31-24)13-17-7-2-1-3-8-17/h1-5,7-8,10-11,14-15,18H,6,9,12-13,16H2. The number of piperidine rings is 1. The van der Waals surface area contributed by atoms with Gasteiger partial charge >= 0.3 is 0 Å². The average molecular weight is 448 g/mol. The summed E-state index contributed by atoms with van der Waals surface area (Å²) >= 11 is 6.24. The fraction of sp³-hybridized carbons (Fsp3) is 0.240. The lowest BCUT2D eigenvalue weighted by molar-refractivity contribution is 0.0656. The van der Waals surface area contributed by atoms with E-state index in [9.17, 15) is 4.79 Å².